The van der Waals surface area contributed by atoms with Crippen LogP contribution in [0.2, 0.25) is 0 Å². The van der Waals surface area contributed by atoms with Gasteiger partial charge in [0, 0.05) is 17.7 Å². The molecule has 0 bridgehead atoms. The highest BCUT2D eigenvalue weighted by Gasteiger charge is 2.15. The topological polar surface area (TPSA) is 149 Å². The van der Waals surface area contributed by atoms with Crippen LogP contribution in [0.5, 0.6) is 11.5 Å². The molecule has 190 valence electrons. The predicted octanol–water partition coefficient (Wildman–Crippen LogP) is 3.23. The zero-order valence-electron chi connectivity index (χ0n) is 19.5. The average Bonchev–Trinajstić information content (AvgIpc) is 2.88. The van der Waals surface area contributed by atoms with E-state index in [-0.39, 0.29) is 41.5 Å². The molecule has 0 unspecified atom stereocenters. The number of hydrazone groups is 1. The Morgan fingerprint density at radius 3 is 2.46 bits per heavy atom. The molecular formula is C25H21FN4O7. The molecule has 0 fully saturated rings. The molecule has 0 heterocycles. The summed E-state index contributed by atoms with van der Waals surface area (Å²) in [4.78, 5) is 46.5. The third-order valence-electron chi connectivity index (χ3n) is 4.68. The van der Waals surface area contributed by atoms with Crippen LogP contribution < -0.4 is 20.2 Å². The fourth-order valence-corrected chi connectivity index (χ4v) is 2.95. The van der Waals surface area contributed by atoms with Crippen molar-refractivity contribution in [3.05, 3.63) is 99.4 Å². The molecule has 0 spiro atoms. The van der Waals surface area contributed by atoms with Gasteiger partial charge < -0.3 is 14.8 Å². The Bertz CT molecular complexity index is 1340. The molecule has 37 heavy (non-hydrogen) atoms. The van der Waals surface area contributed by atoms with Gasteiger partial charge in [-0.05, 0) is 61.0 Å². The van der Waals surface area contributed by atoms with Gasteiger partial charge in [0.05, 0.1) is 29.9 Å². The fraction of sp³-hybridized carbons (Fsp3) is 0.120. The first-order valence-corrected chi connectivity index (χ1v) is 10.9. The van der Waals surface area contributed by atoms with Gasteiger partial charge in [0.15, 0.2) is 11.5 Å². The van der Waals surface area contributed by atoms with Gasteiger partial charge in [0.2, 0.25) is 0 Å². The summed E-state index contributed by atoms with van der Waals surface area (Å²) in [6, 6.07) is 14.6. The predicted molar refractivity (Wildman–Crippen MR) is 130 cm³/mol. The van der Waals surface area contributed by atoms with Crippen molar-refractivity contribution in [2.24, 2.45) is 5.10 Å². The van der Waals surface area contributed by atoms with Gasteiger partial charge >= 0.3 is 5.97 Å². The lowest BCUT2D eigenvalue weighted by atomic mass is 10.2. The van der Waals surface area contributed by atoms with Crippen LogP contribution in [0.4, 0.5) is 10.1 Å². The first kappa shape index (κ1) is 26.5. The number of benzene rings is 3. The highest BCUT2D eigenvalue weighted by atomic mass is 19.1. The molecule has 11 nitrogen and oxygen atoms in total. The van der Waals surface area contributed by atoms with Gasteiger partial charge in [0.25, 0.3) is 17.5 Å². The van der Waals surface area contributed by atoms with Crippen LogP contribution >= 0.6 is 0 Å². The number of hydrogen-bond donors (Lipinski definition) is 2. The van der Waals surface area contributed by atoms with Crippen molar-refractivity contribution < 1.29 is 33.2 Å². The van der Waals surface area contributed by atoms with Gasteiger partial charge in [-0.3, -0.25) is 19.7 Å². The Morgan fingerprint density at radius 1 is 1.03 bits per heavy atom. The molecule has 0 saturated carbocycles. The molecule has 3 aromatic carbocycles. The third kappa shape index (κ3) is 7.68. The number of rotatable bonds is 10. The quantitative estimate of drug-likeness (QED) is 0.140. The lowest BCUT2D eigenvalue weighted by molar-refractivity contribution is -0.384. The summed E-state index contributed by atoms with van der Waals surface area (Å²) in [6.45, 7) is 1.62. The average molecular weight is 508 g/mol. The summed E-state index contributed by atoms with van der Waals surface area (Å²) < 4.78 is 24.1. The fourth-order valence-electron chi connectivity index (χ4n) is 2.95. The summed E-state index contributed by atoms with van der Waals surface area (Å²) in [5, 5.41) is 16.9. The van der Waals surface area contributed by atoms with E-state index in [0.29, 0.717) is 5.56 Å². The highest BCUT2D eigenvalue weighted by molar-refractivity contribution is 5.96. The number of halogens is 1. The van der Waals surface area contributed by atoms with Crippen molar-refractivity contribution in [2.75, 3.05) is 13.2 Å². The molecule has 12 heteroatoms. The van der Waals surface area contributed by atoms with Crippen molar-refractivity contribution in [1.29, 1.82) is 0 Å². The first-order chi connectivity index (χ1) is 17.8. The molecule has 3 rings (SSSR count). The van der Waals surface area contributed by atoms with E-state index in [1.54, 1.807) is 13.0 Å². The van der Waals surface area contributed by atoms with E-state index in [2.05, 4.69) is 15.8 Å². The number of esters is 1. The van der Waals surface area contributed by atoms with Gasteiger partial charge in [-0.15, -0.1) is 0 Å². The summed E-state index contributed by atoms with van der Waals surface area (Å²) >= 11 is 0. The molecule has 0 saturated heterocycles. The number of carbonyl (C=O) groups is 3. The highest BCUT2D eigenvalue weighted by Crippen LogP contribution is 2.29. The van der Waals surface area contributed by atoms with Crippen LogP contribution in [0.25, 0.3) is 0 Å². The molecule has 0 aliphatic rings. The largest absolute Gasteiger partial charge is 0.490 e. The number of nitro groups is 1. The monoisotopic (exact) mass is 508 g/mol. The molecule has 0 radical (unpaired) electrons. The van der Waals surface area contributed by atoms with E-state index in [4.69, 9.17) is 9.47 Å². The molecule has 2 N–H and O–H groups in total. The van der Waals surface area contributed by atoms with Crippen molar-refractivity contribution in [3.8, 4) is 11.5 Å². The van der Waals surface area contributed by atoms with Gasteiger partial charge in [-0.2, -0.15) is 5.10 Å². The van der Waals surface area contributed by atoms with Crippen LogP contribution in [0.15, 0.2) is 71.8 Å². The van der Waals surface area contributed by atoms with Crippen LogP contribution in [0, 0.1) is 15.9 Å². The lowest BCUT2D eigenvalue weighted by Gasteiger charge is -2.11. The number of non-ortho nitro benzene ring substituents is 1. The molecule has 3 aromatic rings. The summed E-state index contributed by atoms with van der Waals surface area (Å²) in [5.74, 6) is -2.18. The maximum atomic E-state index is 13.2. The maximum absolute atomic E-state index is 13.2. The zero-order valence-corrected chi connectivity index (χ0v) is 19.5. The van der Waals surface area contributed by atoms with E-state index in [1.165, 1.54) is 60.8 Å². The molecule has 0 aliphatic carbocycles. The van der Waals surface area contributed by atoms with Gasteiger partial charge in [-0.1, -0.05) is 6.07 Å². The number of hydrogen-bond acceptors (Lipinski definition) is 8. The molecule has 2 amide bonds. The minimum atomic E-state index is -0.732. The Morgan fingerprint density at radius 2 is 1.78 bits per heavy atom. The van der Waals surface area contributed by atoms with E-state index >= 15 is 0 Å². The summed E-state index contributed by atoms with van der Waals surface area (Å²) in [5.41, 5.74) is 2.79. The van der Waals surface area contributed by atoms with E-state index < -0.39 is 28.5 Å². The van der Waals surface area contributed by atoms with Crippen molar-refractivity contribution in [3.63, 3.8) is 0 Å². The minimum absolute atomic E-state index is 0.0779. The van der Waals surface area contributed by atoms with E-state index in [0.717, 1.165) is 6.07 Å². The number of nitrogens with zero attached hydrogens (tertiary/aromatic N) is 2. The van der Waals surface area contributed by atoms with Crippen molar-refractivity contribution >= 4 is 29.7 Å². The molecule has 0 atom stereocenters. The van der Waals surface area contributed by atoms with Crippen molar-refractivity contribution in [1.82, 2.24) is 10.7 Å². The second-order valence-corrected chi connectivity index (χ2v) is 7.32. The van der Waals surface area contributed by atoms with E-state index in [1.807, 2.05) is 0 Å². The Balaban J connectivity index is 1.58. The minimum Gasteiger partial charge on any atom is -0.490 e. The molecular weight excluding hydrogens is 487 g/mol. The van der Waals surface area contributed by atoms with Crippen LogP contribution in [-0.4, -0.2) is 42.1 Å². The summed E-state index contributed by atoms with van der Waals surface area (Å²) in [6.07, 6.45) is 1.32. The second kappa shape index (κ2) is 12.5. The number of ether oxygens (including phenoxy) is 2. The van der Waals surface area contributed by atoms with Crippen LogP contribution in [0.3, 0.4) is 0 Å². The standard InChI is InChI=1S/C25H21FN4O7/c1-2-36-22-12-16(6-11-21(22)37-25(33)17-7-9-20(10-8-17)30(34)35)14-28-29-23(31)15-27-24(32)18-4-3-5-19(26)13-18/h3-14H,2,15H2,1H3,(H,27,32)(H,29,31). The van der Waals surface area contributed by atoms with Crippen molar-refractivity contribution in [2.45, 2.75) is 6.92 Å². The van der Waals surface area contributed by atoms with Crippen LogP contribution in [-0.2, 0) is 4.79 Å². The lowest BCUT2D eigenvalue weighted by Crippen LogP contribution is -2.34. The number of nitro benzene ring substituents is 1. The number of nitrogens with one attached hydrogen (secondary N) is 2. The third-order valence-corrected chi connectivity index (χ3v) is 4.68. The maximum Gasteiger partial charge on any atom is 0.343 e. The summed E-state index contributed by atoms with van der Waals surface area (Å²) in [7, 11) is 0. The number of amides is 2. The molecule has 0 aliphatic heterocycles. The first-order valence-electron chi connectivity index (χ1n) is 10.9. The Labute approximate surface area is 210 Å². The van der Waals surface area contributed by atoms with E-state index in [9.17, 15) is 28.9 Å². The van der Waals surface area contributed by atoms with Gasteiger partial charge in [0.1, 0.15) is 5.82 Å². The Kier molecular flexibility index (Phi) is 8.97. The normalized spacial score (nSPS) is 10.5. The SMILES string of the molecule is CCOc1cc(C=NNC(=O)CNC(=O)c2cccc(F)c2)ccc1OC(=O)c1ccc([N+](=O)[O-])cc1. The Hall–Kier alpha value is -5.13. The van der Waals surface area contributed by atoms with Gasteiger partial charge in [-0.25, -0.2) is 14.6 Å². The molecule has 0 aromatic heterocycles. The van der Waals surface area contributed by atoms with Crippen LogP contribution in [0.1, 0.15) is 33.2 Å². The second-order valence-electron chi connectivity index (χ2n) is 7.32. The number of carbonyl (C=O) groups excluding carboxylic acids is 3. The smallest absolute Gasteiger partial charge is 0.343 e. The zero-order chi connectivity index (χ0) is 26.8.